The Morgan fingerprint density at radius 3 is 1.53 bits per heavy atom. The fourth-order valence-electron chi connectivity index (χ4n) is 8.13. The smallest absolute Gasteiger partial charge is 0.160 e. The van der Waals surface area contributed by atoms with Gasteiger partial charge in [0.25, 0.3) is 0 Å². The molecule has 0 unspecified atom stereocenters. The lowest BCUT2D eigenvalue weighted by Gasteiger charge is -2.12. The third kappa shape index (κ3) is 6.46. The number of pyridine rings is 1. The molecule has 0 aliphatic rings. The quantitative estimate of drug-likeness (QED) is 0.162. The number of rotatable bonds is 7. The predicted octanol–water partition coefficient (Wildman–Crippen LogP) is 15.1. The molecule has 8 aromatic carbocycles. The van der Waals surface area contributed by atoms with Crippen molar-refractivity contribution < 1.29 is 0 Å². The molecule has 59 heavy (non-hydrogen) atoms. The first kappa shape index (κ1) is 34.7. The Bertz CT molecular complexity index is 3230. The lowest BCUT2D eigenvalue weighted by molar-refractivity contribution is 1.18. The molecule has 3 nitrogen and oxygen atoms in total. The van der Waals surface area contributed by atoms with Gasteiger partial charge in [-0.1, -0.05) is 194 Å². The number of thiophene rings is 1. The van der Waals surface area contributed by atoms with Crippen molar-refractivity contribution in [3.8, 4) is 77.9 Å². The van der Waals surface area contributed by atoms with Gasteiger partial charge in [0.2, 0.25) is 0 Å². The molecule has 3 heterocycles. The lowest BCUT2D eigenvalue weighted by atomic mass is 9.93. The standard InChI is InChI=1S/C55H35N3S/c1-4-15-39(16-5-1)48-35-49(58-55(57-48)43-19-8-3-9-20-43)40-29-24-37(25-30-40)38-26-31-41(32-27-38)50-51-52(42-17-6-2-7-18-42)56-47-23-13-12-22-46(47)54(51)59-53(50)45-33-28-36-14-10-11-21-44(36)34-45/h1-35H. The highest BCUT2D eigenvalue weighted by atomic mass is 32.1. The highest BCUT2D eigenvalue weighted by Crippen LogP contribution is 2.50. The molecule has 0 atom stereocenters. The normalized spacial score (nSPS) is 11.4. The number of benzene rings is 8. The minimum Gasteiger partial charge on any atom is -0.247 e. The Morgan fingerprint density at radius 2 is 0.847 bits per heavy atom. The third-order valence-electron chi connectivity index (χ3n) is 11.1. The maximum atomic E-state index is 5.36. The van der Waals surface area contributed by atoms with Crippen molar-refractivity contribution in [2.75, 3.05) is 0 Å². The summed E-state index contributed by atoms with van der Waals surface area (Å²) < 4.78 is 1.25. The monoisotopic (exact) mass is 769 g/mol. The van der Waals surface area contributed by atoms with Crippen molar-refractivity contribution in [1.29, 1.82) is 0 Å². The van der Waals surface area contributed by atoms with Gasteiger partial charge in [-0.2, -0.15) is 0 Å². The van der Waals surface area contributed by atoms with E-state index in [9.17, 15) is 0 Å². The van der Waals surface area contributed by atoms with E-state index in [4.69, 9.17) is 15.0 Å². The Kier molecular flexibility index (Phi) is 8.68. The highest BCUT2D eigenvalue weighted by Gasteiger charge is 2.23. The molecule has 0 aliphatic heterocycles. The summed E-state index contributed by atoms with van der Waals surface area (Å²) in [5.74, 6) is 0.712. The van der Waals surface area contributed by atoms with E-state index in [2.05, 4.69) is 176 Å². The highest BCUT2D eigenvalue weighted by molar-refractivity contribution is 7.24. The Hall–Kier alpha value is -7.53. The maximum Gasteiger partial charge on any atom is 0.160 e. The van der Waals surface area contributed by atoms with Crippen LogP contribution >= 0.6 is 11.3 Å². The van der Waals surface area contributed by atoms with Crippen LogP contribution in [0.25, 0.3) is 110 Å². The average Bonchev–Trinajstić information content (AvgIpc) is 3.73. The molecule has 4 heteroatoms. The second-order valence-electron chi connectivity index (χ2n) is 14.8. The van der Waals surface area contributed by atoms with Crippen LogP contribution in [0.15, 0.2) is 212 Å². The van der Waals surface area contributed by atoms with Crippen molar-refractivity contribution in [2.45, 2.75) is 0 Å². The summed E-state index contributed by atoms with van der Waals surface area (Å²) in [6, 6.07) is 75.0. The lowest BCUT2D eigenvalue weighted by Crippen LogP contribution is -1.95. The molecule has 0 saturated carbocycles. The van der Waals surface area contributed by atoms with Gasteiger partial charge in [0.1, 0.15) is 0 Å². The van der Waals surface area contributed by atoms with Crippen LogP contribution in [0.1, 0.15) is 0 Å². The Labute approximate surface area is 346 Å². The molecule has 0 bridgehead atoms. The molecule has 11 rings (SSSR count). The van der Waals surface area contributed by atoms with Crippen LogP contribution < -0.4 is 0 Å². The van der Waals surface area contributed by atoms with E-state index >= 15 is 0 Å². The average molecular weight is 770 g/mol. The predicted molar refractivity (Wildman–Crippen MR) is 248 cm³/mol. The molecule has 0 spiro atoms. The molecule has 0 fully saturated rings. The molecular formula is C55H35N3S. The molecule has 0 N–H and O–H groups in total. The van der Waals surface area contributed by atoms with Gasteiger partial charge in [0.15, 0.2) is 5.82 Å². The minimum atomic E-state index is 0.712. The van der Waals surface area contributed by atoms with Crippen LogP contribution in [0.2, 0.25) is 0 Å². The van der Waals surface area contributed by atoms with Crippen LogP contribution in [-0.4, -0.2) is 15.0 Å². The summed E-state index contributed by atoms with van der Waals surface area (Å²) in [4.78, 5) is 16.6. The molecule has 0 saturated heterocycles. The first-order valence-corrected chi connectivity index (χ1v) is 20.7. The summed E-state index contributed by atoms with van der Waals surface area (Å²) in [5, 5.41) is 4.83. The van der Waals surface area contributed by atoms with Crippen molar-refractivity contribution in [3.63, 3.8) is 0 Å². The number of fused-ring (bicyclic) bond motifs is 4. The largest absolute Gasteiger partial charge is 0.247 e. The van der Waals surface area contributed by atoms with Crippen molar-refractivity contribution in [3.05, 3.63) is 212 Å². The van der Waals surface area contributed by atoms with Crippen LogP contribution in [0, 0.1) is 0 Å². The van der Waals surface area contributed by atoms with E-state index in [1.807, 2.05) is 47.7 Å². The SMILES string of the molecule is c1ccc(-c2cc(-c3ccc(-c4ccc(-c5c(-c6ccc7ccccc7c6)sc6c5c(-c5ccccc5)nc5ccccc56)cc4)cc3)nc(-c3ccccc3)n2)cc1. The van der Waals surface area contributed by atoms with Gasteiger partial charge < -0.3 is 0 Å². The van der Waals surface area contributed by atoms with Gasteiger partial charge >= 0.3 is 0 Å². The first-order valence-electron chi connectivity index (χ1n) is 19.8. The summed E-state index contributed by atoms with van der Waals surface area (Å²) in [5.41, 5.74) is 13.9. The molecule has 11 aromatic rings. The van der Waals surface area contributed by atoms with Crippen LogP contribution in [0.4, 0.5) is 0 Å². The fraction of sp³-hybridized carbons (Fsp3) is 0. The molecular weight excluding hydrogens is 735 g/mol. The van der Waals surface area contributed by atoms with E-state index in [0.29, 0.717) is 5.82 Å². The van der Waals surface area contributed by atoms with Gasteiger partial charge in [0, 0.05) is 48.2 Å². The molecule has 3 aromatic heterocycles. The van der Waals surface area contributed by atoms with Gasteiger partial charge in [-0.15, -0.1) is 11.3 Å². The van der Waals surface area contributed by atoms with Crippen molar-refractivity contribution in [1.82, 2.24) is 15.0 Å². The zero-order valence-corrected chi connectivity index (χ0v) is 32.8. The zero-order chi connectivity index (χ0) is 39.1. The van der Waals surface area contributed by atoms with Crippen LogP contribution in [0.3, 0.4) is 0 Å². The topological polar surface area (TPSA) is 38.7 Å². The van der Waals surface area contributed by atoms with Gasteiger partial charge in [-0.05, 0) is 51.2 Å². The van der Waals surface area contributed by atoms with Crippen LogP contribution in [0.5, 0.6) is 0 Å². The summed E-state index contributed by atoms with van der Waals surface area (Å²) >= 11 is 1.87. The number of aromatic nitrogens is 3. The van der Waals surface area contributed by atoms with Crippen LogP contribution in [-0.2, 0) is 0 Å². The number of hydrogen-bond acceptors (Lipinski definition) is 4. The van der Waals surface area contributed by atoms with E-state index in [-0.39, 0.29) is 0 Å². The van der Waals surface area contributed by atoms with Gasteiger partial charge in [-0.25, -0.2) is 15.0 Å². The van der Waals surface area contributed by atoms with Gasteiger partial charge in [0.05, 0.1) is 22.6 Å². The molecule has 0 amide bonds. The summed E-state index contributed by atoms with van der Waals surface area (Å²) in [6.07, 6.45) is 0. The van der Waals surface area contributed by atoms with E-state index in [0.717, 1.165) is 61.5 Å². The van der Waals surface area contributed by atoms with E-state index < -0.39 is 0 Å². The number of nitrogens with zero attached hydrogens (tertiary/aromatic N) is 3. The Morgan fingerprint density at radius 1 is 0.339 bits per heavy atom. The molecule has 0 radical (unpaired) electrons. The van der Waals surface area contributed by atoms with E-state index in [1.54, 1.807) is 0 Å². The van der Waals surface area contributed by atoms with Gasteiger partial charge in [-0.3, -0.25) is 0 Å². The minimum absolute atomic E-state index is 0.712. The zero-order valence-electron chi connectivity index (χ0n) is 32.0. The second kappa shape index (κ2) is 14.8. The summed E-state index contributed by atoms with van der Waals surface area (Å²) in [7, 11) is 0. The molecule has 0 aliphatic carbocycles. The number of para-hydroxylation sites is 1. The molecule has 276 valence electrons. The first-order chi connectivity index (χ1) is 29.2. The Balaban J connectivity index is 1.03. The maximum absolute atomic E-state index is 5.36. The number of hydrogen-bond donors (Lipinski definition) is 0. The van der Waals surface area contributed by atoms with Crippen molar-refractivity contribution in [2.24, 2.45) is 0 Å². The van der Waals surface area contributed by atoms with Crippen molar-refractivity contribution >= 4 is 43.1 Å². The van der Waals surface area contributed by atoms with E-state index in [1.165, 1.54) is 42.2 Å². The second-order valence-corrected chi connectivity index (χ2v) is 15.8. The summed E-state index contributed by atoms with van der Waals surface area (Å²) in [6.45, 7) is 0. The fourth-order valence-corrected chi connectivity index (χ4v) is 9.49. The third-order valence-corrected chi connectivity index (χ3v) is 12.4.